The zero-order chi connectivity index (χ0) is 12.5. The molecule has 1 aliphatic rings. The van der Waals surface area contributed by atoms with Gasteiger partial charge < -0.3 is 9.73 Å². The summed E-state index contributed by atoms with van der Waals surface area (Å²) in [5.41, 5.74) is 2.01. The topological polar surface area (TPSA) is 43.0 Å². The van der Waals surface area contributed by atoms with Gasteiger partial charge in [-0.25, -0.2) is 0 Å². The molecule has 2 aromatic heterocycles. The Balaban J connectivity index is 1.69. The van der Waals surface area contributed by atoms with E-state index in [0.29, 0.717) is 17.6 Å². The highest BCUT2D eigenvalue weighted by Gasteiger charge is 2.21. The number of nitrogens with one attached hydrogen (secondary N) is 1. The normalized spacial score (nSPS) is 15.2. The Bertz CT molecular complexity index is 523. The molecule has 0 atom stereocenters. The maximum absolute atomic E-state index is 6.00. The Kier molecular flexibility index (Phi) is 3.14. The zero-order valence-electron chi connectivity index (χ0n) is 10.3. The number of aryl methyl sites for hydroxylation is 1. The fourth-order valence-electron chi connectivity index (χ4n) is 1.94. The second kappa shape index (κ2) is 4.78. The SMILES string of the molecule is Cc1nn(Cc2ccoc2CNC2CC2)cc1Cl. The third-order valence-corrected chi connectivity index (χ3v) is 3.56. The van der Waals surface area contributed by atoms with Crippen molar-refractivity contribution in [1.82, 2.24) is 15.1 Å². The molecular formula is C13H16ClN3O. The summed E-state index contributed by atoms with van der Waals surface area (Å²) in [6.07, 6.45) is 6.15. The van der Waals surface area contributed by atoms with Crippen LogP contribution >= 0.6 is 11.6 Å². The quantitative estimate of drug-likeness (QED) is 0.904. The van der Waals surface area contributed by atoms with E-state index in [9.17, 15) is 0 Å². The smallest absolute Gasteiger partial charge is 0.122 e. The maximum Gasteiger partial charge on any atom is 0.122 e. The van der Waals surface area contributed by atoms with E-state index in [2.05, 4.69) is 10.4 Å². The second-order valence-corrected chi connectivity index (χ2v) is 5.19. The van der Waals surface area contributed by atoms with Gasteiger partial charge in [0.15, 0.2) is 0 Å². The van der Waals surface area contributed by atoms with E-state index in [0.717, 1.165) is 23.6 Å². The minimum atomic E-state index is 0.685. The van der Waals surface area contributed by atoms with E-state index >= 15 is 0 Å². The van der Waals surface area contributed by atoms with Crippen LogP contribution in [0.15, 0.2) is 22.9 Å². The van der Waals surface area contributed by atoms with Gasteiger partial charge in [0.2, 0.25) is 0 Å². The molecule has 0 spiro atoms. The number of rotatable bonds is 5. The van der Waals surface area contributed by atoms with Gasteiger partial charge >= 0.3 is 0 Å². The van der Waals surface area contributed by atoms with E-state index in [1.807, 2.05) is 23.9 Å². The molecule has 1 saturated carbocycles. The Hall–Kier alpha value is -1.26. The van der Waals surface area contributed by atoms with Crippen molar-refractivity contribution < 1.29 is 4.42 Å². The lowest BCUT2D eigenvalue weighted by Crippen LogP contribution is -2.16. The molecule has 0 amide bonds. The number of nitrogens with zero attached hydrogens (tertiary/aromatic N) is 2. The summed E-state index contributed by atoms with van der Waals surface area (Å²) in [4.78, 5) is 0. The highest BCUT2D eigenvalue weighted by molar-refractivity contribution is 6.31. The van der Waals surface area contributed by atoms with Crippen molar-refractivity contribution in [2.24, 2.45) is 0 Å². The third kappa shape index (κ3) is 2.60. The van der Waals surface area contributed by atoms with Crippen molar-refractivity contribution in [3.63, 3.8) is 0 Å². The van der Waals surface area contributed by atoms with Crippen LogP contribution in [0.2, 0.25) is 5.02 Å². The molecule has 0 bridgehead atoms. The van der Waals surface area contributed by atoms with Crippen molar-refractivity contribution in [1.29, 1.82) is 0 Å². The fraction of sp³-hybridized carbons (Fsp3) is 0.462. The molecule has 0 saturated heterocycles. The third-order valence-electron chi connectivity index (χ3n) is 3.19. The van der Waals surface area contributed by atoms with Crippen LogP contribution in [0.1, 0.15) is 29.9 Å². The van der Waals surface area contributed by atoms with Crippen LogP contribution in [0.5, 0.6) is 0 Å². The molecule has 3 rings (SSSR count). The van der Waals surface area contributed by atoms with Gasteiger partial charge in [0.05, 0.1) is 30.1 Å². The van der Waals surface area contributed by atoms with Crippen LogP contribution in [0.3, 0.4) is 0 Å². The first-order valence-electron chi connectivity index (χ1n) is 6.20. The van der Waals surface area contributed by atoms with Gasteiger partial charge in [-0.1, -0.05) is 11.6 Å². The lowest BCUT2D eigenvalue weighted by atomic mass is 10.2. The number of hydrogen-bond donors (Lipinski definition) is 1. The predicted octanol–water partition coefficient (Wildman–Crippen LogP) is 2.74. The van der Waals surface area contributed by atoms with Crippen molar-refractivity contribution in [2.75, 3.05) is 0 Å². The van der Waals surface area contributed by atoms with Gasteiger partial charge in [0.1, 0.15) is 5.76 Å². The van der Waals surface area contributed by atoms with Gasteiger partial charge in [0.25, 0.3) is 0 Å². The lowest BCUT2D eigenvalue weighted by molar-refractivity contribution is 0.474. The van der Waals surface area contributed by atoms with Crippen molar-refractivity contribution >= 4 is 11.6 Å². The molecule has 2 heterocycles. The highest BCUT2D eigenvalue weighted by atomic mass is 35.5. The summed E-state index contributed by atoms with van der Waals surface area (Å²) in [5, 5.41) is 8.51. The molecule has 0 unspecified atom stereocenters. The molecule has 4 nitrogen and oxygen atoms in total. The Morgan fingerprint density at radius 3 is 3.06 bits per heavy atom. The van der Waals surface area contributed by atoms with Gasteiger partial charge in [-0.3, -0.25) is 4.68 Å². The van der Waals surface area contributed by atoms with Crippen molar-refractivity contribution in [3.8, 4) is 0 Å². The lowest BCUT2D eigenvalue weighted by Gasteiger charge is -2.04. The summed E-state index contributed by atoms with van der Waals surface area (Å²) in [7, 11) is 0. The fourth-order valence-corrected chi connectivity index (χ4v) is 2.09. The van der Waals surface area contributed by atoms with Crippen LogP contribution < -0.4 is 5.32 Å². The molecule has 18 heavy (non-hydrogen) atoms. The molecule has 1 fully saturated rings. The van der Waals surface area contributed by atoms with E-state index < -0.39 is 0 Å². The Labute approximate surface area is 111 Å². The van der Waals surface area contributed by atoms with Crippen LogP contribution in [0.25, 0.3) is 0 Å². The van der Waals surface area contributed by atoms with Crippen molar-refractivity contribution in [3.05, 3.63) is 40.6 Å². The maximum atomic E-state index is 6.00. The van der Waals surface area contributed by atoms with E-state index in [4.69, 9.17) is 16.0 Å². The van der Waals surface area contributed by atoms with E-state index in [1.165, 1.54) is 12.8 Å². The van der Waals surface area contributed by atoms with E-state index in [1.54, 1.807) is 6.26 Å². The van der Waals surface area contributed by atoms with E-state index in [-0.39, 0.29) is 0 Å². The molecular weight excluding hydrogens is 250 g/mol. The molecule has 96 valence electrons. The second-order valence-electron chi connectivity index (χ2n) is 4.78. The van der Waals surface area contributed by atoms with Gasteiger partial charge in [-0.05, 0) is 25.8 Å². The standard InChI is InChI=1S/C13H16ClN3O/c1-9-12(14)8-17(16-9)7-10-4-5-18-13(10)6-15-11-2-3-11/h4-5,8,11,15H,2-3,6-7H2,1H3. The van der Waals surface area contributed by atoms with Crippen LogP contribution in [0, 0.1) is 6.92 Å². The molecule has 0 radical (unpaired) electrons. The number of hydrogen-bond acceptors (Lipinski definition) is 3. The molecule has 1 N–H and O–H groups in total. The summed E-state index contributed by atoms with van der Waals surface area (Å²) in [5.74, 6) is 0.992. The zero-order valence-corrected chi connectivity index (χ0v) is 11.1. The molecule has 5 heteroatoms. The summed E-state index contributed by atoms with van der Waals surface area (Å²) < 4.78 is 7.37. The van der Waals surface area contributed by atoms with Gasteiger partial charge in [-0.15, -0.1) is 0 Å². The number of halogens is 1. The minimum absolute atomic E-state index is 0.685. The van der Waals surface area contributed by atoms with Crippen LogP contribution in [-0.2, 0) is 13.1 Å². The summed E-state index contributed by atoms with van der Waals surface area (Å²) in [6.45, 7) is 3.40. The van der Waals surface area contributed by atoms with Crippen molar-refractivity contribution in [2.45, 2.75) is 38.9 Å². The van der Waals surface area contributed by atoms with Gasteiger partial charge in [-0.2, -0.15) is 5.10 Å². The average molecular weight is 266 g/mol. The van der Waals surface area contributed by atoms with Gasteiger partial charge in [0, 0.05) is 17.8 Å². The molecule has 2 aromatic rings. The Morgan fingerprint density at radius 1 is 1.56 bits per heavy atom. The van der Waals surface area contributed by atoms with Crippen LogP contribution in [0.4, 0.5) is 0 Å². The molecule has 0 aromatic carbocycles. The average Bonchev–Trinajstić information content (AvgIpc) is 2.99. The monoisotopic (exact) mass is 265 g/mol. The molecule has 0 aliphatic heterocycles. The first-order valence-corrected chi connectivity index (χ1v) is 6.58. The van der Waals surface area contributed by atoms with Crippen LogP contribution in [-0.4, -0.2) is 15.8 Å². The first kappa shape index (κ1) is 11.8. The first-order chi connectivity index (χ1) is 8.72. The summed E-state index contributed by atoms with van der Waals surface area (Å²) >= 11 is 6.00. The number of aromatic nitrogens is 2. The molecule has 1 aliphatic carbocycles. The Morgan fingerprint density at radius 2 is 2.39 bits per heavy atom. The largest absolute Gasteiger partial charge is 0.468 e. The highest BCUT2D eigenvalue weighted by Crippen LogP contribution is 2.21. The predicted molar refractivity (Wildman–Crippen MR) is 69.6 cm³/mol. The summed E-state index contributed by atoms with van der Waals surface area (Å²) in [6, 6.07) is 2.68. The number of furan rings is 1. The minimum Gasteiger partial charge on any atom is -0.468 e.